The Morgan fingerprint density at radius 1 is 0.875 bits per heavy atom. The summed E-state index contributed by atoms with van der Waals surface area (Å²) in [4.78, 5) is 15.7. The van der Waals surface area contributed by atoms with Gasteiger partial charge in [-0.15, -0.1) is 0 Å². The van der Waals surface area contributed by atoms with Crippen LogP contribution in [0.5, 0.6) is 0 Å². The highest BCUT2D eigenvalue weighted by Gasteiger charge is 2.10. The average molecular weight is 332 g/mol. The summed E-state index contributed by atoms with van der Waals surface area (Å²) >= 11 is 1.28. The number of thioether (sulfide) groups is 1. The molecule has 0 unspecified atom stereocenters. The van der Waals surface area contributed by atoms with Crippen LogP contribution in [0, 0.1) is 0 Å². The van der Waals surface area contributed by atoms with Crippen LogP contribution in [0.2, 0.25) is 0 Å². The van der Waals surface area contributed by atoms with Crippen molar-refractivity contribution >= 4 is 44.5 Å². The van der Waals surface area contributed by atoms with Crippen molar-refractivity contribution < 1.29 is 4.79 Å². The number of aromatic amines is 1. The number of hydrogen-bond acceptors (Lipinski definition) is 2. The molecule has 0 saturated heterocycles. The van der Waals surface area contributed by atoms with Gasteiger partial charge in [0.15, 0.2) is 0 Å². The van der Waals surface area contributed by atoms with Crippen molar-refractivity contribution in [2.24, 2.45) is 0 Å². The molecule has 3 nitrogen and oxygen atoms in total. The first-order valence-corrected chi connectivity index (χ1v) is 8.77. The maximum Gasteiger partial charge on any atom is 0.283 e. The first-order chi connectivity index (χ1) is 11.8. The van der Waals surface area contributed by atoms with Crippen LogP contribution in [0.4, 0.5) is 10.5 Å². The fourth-order valence-corrected chi connectivity index (χ4v) is 3.52. The Kier molecular flexibility index (Phi) is 3.97. The number of nitrogens with one attached hydrogen (secondary N) is 2. The molecule has 0 bridgehead atoms. The Balaban J connectivity index is 1.57. The first kappa shape index (κ1) is 14.8. The predicted octanol–water partition coefficient (Wildman–Crippen LogP) is 5.79. The molecule has 4 rings (SSSR count). The van der Waals surface area contributed by atoms with Gasteiger partial charge < -0.3 is 10.3 Å². The summed E-state index contributed by atoms with van der Waals surface area (Å²) in [5.74, 6) is 0.662. The van der Waals surface area contributed by atoms with Crippen LogP contribution in [-0.4, -0.2) is 10.2 Å². The summed E-state index contributed by atoms with van der Waals surface area (Å²) in [6.07, 6.45) is 0. The highest BCUT2D eigenvalue weighted by atomic mass is 32.2. The summed E-state index contributed by atoms with van der Waals surface area (Å²) in [6, 6.07) is 24.1. The number of carbonyl (C=O) groups excluding carboxylic acids is 1. The average Bonchev–Trinajstić information content (AvgIpc) is 3.01. The van der Waals surface area contributed by atoms with Gasteiger partial charge in [0.25, 0.3) is 5.24 Å². The van der Waals surface area contributed by atoms with Crippen molar-refractivity contribution in [3.63, 3.8) is 0 Å². The summed E-state index contributed by atoms with van der Waals surface area (Å²) in [5.41, 5.74) is 3.99. The van der Waals surface area contributed by atoms with Crippen LogP contribution in [0.1, 0.15) is 5.56 Å². The van der Waals surface area contributed by atoms with E-state index in [2.05, 4.69) is 22.4 Å². The summed E-state index contributed by atoms with van der Waals surface area (Å²) in [7, 11) is 0. The van der Waals surface area contributed by atoms with E-state index in [-0.39, 0.29) is 5.24 Å². The van der Waals surface area contributed by atoms with Gasteiger partial charge >= 0.3 is 0 Å². The number of H-pyrrole nitrogens is 1. The van der Waals surface area contributed by atoms with Gasteiger partial charge in [-0.25, -0.2) is 0 Å². The van der Waals surface area contributed by atoms with Gasteiger partial charge in [0.2, 0.25) is 0 Å². The molecule has 0 fully saturated rings. The molecule has 4 aromatic rings. The SMILES string of the molecule is O=C(Nc1cccc2c1[nH]c1ccccc12)SCc1ccccc1. The molecule has 24 heavy (non-hydrogen) atoms. The monoisotopic (exact) mass is 332 g/mol. The molecule has 0 aliphatic carbocycles. The van der Waals surface area contributed by atoms with E-state index < -0.39 is 0 Å². The molecule has 0 atom stereocenters. The Hall–Kier alpha value is -2.72. The molecular weight excluding hydrogens is 316 g/mol. The lowest BCUT2D eigenvalue weighted by Crippen LogP contribution is -2.05. The molecule has 118 valence electrons. The summed E-state index contributed by atoms with van der Waals surface area (Å²) in [5, 5.41) is 5.25. The molecule has 0 aliphatic heterocycles. The largest absolute Gasteiger partial charge is 0.353 e. The van der Waals surface area contributed by atoms with Crippen LogP contribution in [0.15, 0.2) is 72.8 Å². The summed E-state index contributed by atoms with van der Waals surface area (Å²) < 4.78 is 0. The van der Waals surface area contributed by atoms with Crippen LogP contribution < -0.4 is 5.32 Å². The minimum atomic E-state index is -0.0509. The maximum absolute atomic E-state index is 12.3. The number of amides is 1. The summed E-state index contributed by atoms with van der Waals surface area (Å²) in [6.45, 7) is 0. The molecule has 0 aliphatic rings. The Labute approximate surface area is 144 Å². The third kappa shape index (κ3) is 2.88. The molecule has 0 spiro atoms. The van der Waals surface area contributed by atoms with E-state index in [9.17, 15) is 4.79 Å². The van der Waals surface area contributed by atoms with E-state index in [1.165, 1.54) is 17.1 Å². The van der Waals surface area contributed by atoms with Crippen molar-refractivity contribution in [1.29, 1.82) is 0 Å². The molecule has 2 N–H and O–H groups in total. The highest BCUT2D eigenvalue weighted by molar-refractivity contribution is 8.13. The molecule has 4 heteroatoms. The van der Waals surface area contributed by atoms with Gasteiger partial charge in [0.05, 0.1) is 11.2 Å². The van der Waals surface area contributed by atoms with E-state index >= 15 is 0 Å². The number of aromatic nitrogens is 1. The van der Waals surface area contributed by atoms with E-state index in [4.69, 9.17) is 0 Å². The van der Waals surface area contributed by atoms with Gasteiger partial charge in [0, 0.05) is 22.0 Å². The second kappa shape index (κ2) is 6.42. The zero-order chi connectivity index (χ0) is 16.4. The number of para-hydroxylation sites is 2. The van der Waals surface area contributed by atoms with E-state index in [0.29, 0.717) is 5.75 Å². The fourth-order valence-electron chi connectivity index (χ4n) is 2.85. The second-order valence-electron chi connectivity index (χ2n) is 5.59. The Morgan fingerprint density at radius 2 is 1.62 bits per heavy atom. The fraction of sp³-hybridized carbons (Fsp3) is 0.0500. The third-order valence-corrected chi connectivity index (χ3v) is 4.83. The molecule has 1 aromatic heterocycles. The Bertz CT molecular complexity index is 1010. The van der Waals surface area contributed by atoms with Crippen LogP contribution >= 0.6 is 11.8 Å². The molecule has 1 amide bonds. The van der Waals surface area contributed by atoms with Gasteiger partial charge in [-0.2, -0.15) is 0 Å². The topological polar surface area (TPSA) is 44.9 Å². The predicted molar refractivity (Wildman–Crippen MR) is 103 cm³/mol. The van der Waals surface area contributed by atoms with E-state index in [1.54, 1.807) is 0 Å². The maximum atomic E-state index is 12.3. The number of fused-ring (bicyclic) bond motifs is 3. The van der Waals surface area contributed by atoms with Crippen molar-refractivity contribution in [2.45, 2.75) is 5.75 Å². The zero-order valence-electron chi connectivity index (χ0n) is 13.0. The Morgan fingerprint density at radius 3 is 2.50 bits per heavy atom. The minimum Gasteiger partial charge on any atom is -0.353 e. The molecular formula is C20H16N2OS. The van der Waals surface area contributed by atoms with E-state index in [0.717, 1.165) is 27.7 Å². The highest BCUT2D eigenvalue weighted by Crippen LogP contribution is 2.30. The van der Waals surface area contributed by atoms with Gasteiger partial charge in [-0.1, -0.05) is 72.4 Å². The van der Waals surface area contributed by atoms with E-state index in [1.807, 2.05) is 60.7 Å². The van der Waals surface area contributed by atoms with Crippen molar-refractivity contribution in [3.8, 4) is 0 Å². The zero-order valence-corrected chi connectivity index (χ0v) is 13.8. The van der Waals surface area contributed by atoms with Gasteiger partial charge in [-0.05, 0) is 17.7 Å². The minimum absolute atomic E-state index is 0.0509. The third-order valence-electron chi connectivity index (χ3n) is 3.99. The normalized spacial score (nSPS) is 11.0. The lowest BCUT2D eigenvalue weighted by molar-refractivity contribution is 0.270. The number of benzene rings is 3. The quantitative estimate of drug-likeness (QED) is 0.499. The van der Waals surface area contributed by atoms with Gasteiger partial charge in [-0.3, -0.25) is 4.79 Å². The van der Waals surface area contributed by atoms with Crippen molar-refractivity contribution in [3.05, 3.63) is 78.4 Å². The van der Waals surface area contributed by atoms with Crippen LogP contribution in [0.25, 0.3) is 21.8 Å². The molecule has 0 radical (unpaired) electrons. The smallest absolute Gasteiger partial charge is 0.283 e. The van der Waals surface area contributed by atoms with Crippen molar-refractivity contribution in [2.75, 3.05) is 5.32 Å². The molecule has 0 saturated carbocycles. The lowest BCUT2D eigenvalue weighted by Gasteiger charge is -2.06. The second-order valence-corrected chi connectivity index (χ2v) is 6.53. The number of anilines is 1. The number of rotatable bonds is 3. The number of carbonyl (C=O) groups is 1. The first-order valence-electron chi connectivity index (χ1n) is 7.78. The van der Waals surface area contributed by atoms with Gasteiger partial charge in [0.1, 0.15) is 0 Å². The van der Waals surface area contributed by atoms with Crippen LogP contribution in [0.3, 0.4) is 0 Å². The van der Waals surface area contributed by atoms with Crippen molar-refractivity contribution in [1.82, 2.24) is 4.98 Å². The standard InChI is InChI=1S/C20H16N2OS/c23-20(24-13-14-7-2-1-3-8-14)22-18-12-6-10-16-15-9-4-5-11-17(15)21-19(16)18/h1-12,21H,13H2,(H,22,23). The molecule has 1 heterocycles. The molecule has 3 aromatic carbocycles. The van der Waals surface area contributed by atoms with Crippen LogP contribution in [-0.2, 0) is 5.75 Å². The lowest BCUT2D eigenvalue weighted by atomic mass is 10.1. The number of hydrogen-bond donors (Lipinski definition) is 2.